The van der Waals surface area contributed by atoms with Gasteiger partial charge in [-0.25, -0.2) is 4.39 Å². The van der Waals surface area contributed by atoms with Crippen LogP contribution in [-0.4, -0.2) is 55.7 Å². The molecule has 1 aliphatic heterocycles. The van der Waals surface area contributed by atoms with Crippen LogP contribution in [0.15, 0.2) is 40.8 Å². The molecule has 1 unspecified atom stereocenters. The van der Waals surface area contributed by atoms with E-state index in [0.29, 0.717) is 24.4 Å². The first-order chi connectivity index (χ1) is 12.8. The molecule has 1 atom stereocenters. The van der Waals surface area contributed by atoms with Gasteiger partial charge < -0.3 is 15.1 Å². The number of carbonyl (C=O) groups excluding carboxylic acids is 1. The van der Waals surface area contributed by atoms with Gasteiger partial charge in [-0.15, -0.1) is 0 Å². The lowest BCUT2D eigenvalue weighted by atomic mass is 10.2. The average Bonchev–Trinajstić information content (AvgIpc) is 3.12. The van der Waals surface area contributed by atoms with E-state index in [2.05, 4.69) is 10.6 Å². The summed E-state index contributed by atoms with van der Waals surface area (Å²) in [4.78, 5) is 13.5. The summed E-state index contributed by atoms with van der Waals surface area (Å²) in [7, 11) is 0. The lowest BCUT2D eigenvalue weighted by Crippen LogP contribution is -2.57. The van der Waals surface area contributed by atoms with Crippen molar-refractivity contribution < 1.29 is 26.8 Å². The van der Waals surface area contributed by atoms with E-state index >= 15 is 0 Å². The summed E-state index contributed by atoms with van der Waals surface area (Å²) in [5.74, 6) is -0.910. The van der Waals surface area contributed by atoms with Crippen LogP contribution < -0.4 is 10.6 Å². The zero-order chi connectivity index (χ0) is 19.4. The molecule has 0 radical (unpaired) electrons. The van der Waals surface area contributed by atoms with Crippen molar-refractivity contribution in [2.24, 2.45) is 0 Å². The second-order valence-corrected chi connectivity index (χ2v) is 6.22. The number of furan rings is 1. The van der Waals surface area contributed by atoms with Crippen molar-refractivity contribution in [1.29, 1.82) is 0 Å². The van der Waals surface area contributed by atoms with Crippen LogP contribution in [0.4, 0.5) is 17.6 Å². The molecule has 1 amide bonds. The van der Waals surface area contributed by atoms with Gasteiger partial charge in [-0.3, -0.25) is 9.69 Å². The maximum atomic E-state index is 13.3. The maximum absolute atomic E-state index is 13.3. The molecule has 9 heteroatoms. The third kappa shape index (κ3) is 4.86. The summed E-state index contributed by atoms with van der Waals surface area (Å²) in [6.45, 7) is 0.902. The molecule has 27 heavy (non-hydrogen) atoms. The van der Waals surface area contributed by atoms with Crippen molar-refractivity contribution in [3.8, 4) is 11.3 Å². The minimum Gasteiger partial charge on any atom is -0.451 e. The van der Waals surface area contributed by atoms with Crippen LogP contribution in [0, 0.1) is 5.82 Å². The number of rotatable bonds is 5. The van der Waals surface area contributed by atoms with Gasteiger partial charge >= 0.3 is 6.18 Å². The van der Waals surface area contributed by atoms with Gasteiger partial charge in [0, 0.05) is 38.3 Å². The SMILES string of the molecule is O=C(NCC(N1CCNCC1)C(F)(F)F)c1ccc(-c2ccc(F)cc2)o1. The Labute approximate surface area is 153 Å². The Kier molecular flexibility index (Phi) is 5.81. The van der Waals surface area contributed by atoms with Gasteiger partial charge in [0.2, 0.25) is 0 Å². The van der Waals surface area contributed by atoms with Gasteiger partial charge in [0.25, 0.3) is 5.91 Å². The number of amides is 1. The first-order valence-electron chi connectivity index (χ1n) is 8.50. The third-order valence-electron chi connectivity index (χ3n) is 4.38. The number of nitrogens with one attached hydrogen (secondary N) is 2. The first-order valence-corrected chi connectivity index (χ1v) is 8.50. The van der Waals surface area contributed by atoms with E-state index in [4.69, 9.17) is 4.42 Å². The number of nitrogens with zero attached hydrogens (tertiary/aromatic N) is 1. The van der Waals surface area contributed by atoms with Crippen molar-refractivity contribution in [2.75, 3.05) is 32.7 Å². The molecule has 1 aromatic heterocycles. The minimum absolute atomic E-state index is 0.101. The monoisotopic (exact) mass is 385 g/mol. The normalized spacial score (nSPS) is 16.9. The fourth-order valence-corrected chi connectivity index (χ4v) is 2.95. The van der Waals surface area contributed by atoms with Gasteiger partial charge in [-0.2, -0.15) is 13.2 Å². The van der Waals surface area contributed by atoms with Gasteiger partial charge in [-0.1, -0.05) is 0 Å². The Balaban J connectivity index is 1.64. The Morgan fingerprint density at radius 3 is 2.44 bits per heavy atom. The van der Waals surface area contributed by atoms with Crippen molar-refractivity contribution in [2.45, 2.75) is 12.2 Å². The lowest BCUT2D eigenvalue weighted by Gasteiger charge is -2.35. The van der Waals surface area contributed by atoms with Crippen molar-refractivity contribution in [3.63, 3.8) is 0 Å². The molecule has 1 saturated heterocycles. The molecule has 0 spiro atoms. The van der Waals surface area contributed by atoms with Crippen LogP contribution in [0.5, 0.6) is 0 Å². The highest BCUT2D eigenvalue weighted by Crippen LogP contribution is 2.25. The molecule has 146 valence electrons. The fraction of sp³-hybridized carbons (Fsp3) is 0.389. The quantitative estimate of drug-likeness (QED) is 0.777. The Morgan fingerprint density at radius 1 is 1.15 bits per heavy atom. The van der Waals surface area contributed by atoms with Crippen LogP contribution in [0.3, 0.4) is 0 Å². The first kappa shape index (κ1) is 19.4. The summed E-state index contributed by atoms with van der Waals surface area (Å²) in [5, 5.41) is 5.30. The fourth-order valence-electron chi connectivity index (χ4n) is 2.95. The zero-order valence-electron chi connectivity index (χ0n) is 14.4. The highest BCUT2D eigenvalue weighted by atomic mass is 19.4. The standard InChI is InChI=1S/C18H19F4N3O2/c19-13-3-1-12(2-4-13)14-5-6-15(27-14)17(26)24-11-16(18(20,21)22)25-9-7-23-8-10-25/h1-6,16,23H,7-11H2,(H,24,26). The molecule has 1 aliphatic rings. The number of hydrogen-bond donors (Lipinski definition) is 2. The smallest absolute Gasteiger partial charge is 0.405 e. The Morgan fingerprint density at radius 2 is 1.81 bits per heavy atom. The topological polar surface area (TPSA) is 57.5 Å². The van der Waals surface area contributed by atoms with E-state index in [0.717, 1.165) is 0 Å². The van der Waals surface area contributed by atoms with E-state index in [1.54, 1.807) is 0 Å². The molecule has 2 heterocycles. The summed E-state index contributed by atoms with van der Waals surface area (Å²) < 4.78 is 58.4. The predicted octanol–water partition coefficient (Wildman–Crippen LogP) is 2.65. The molecule has 1 aromatic carbocycles. The van der Waals surface area contributed by atoms with E-state index in [1.165, 1.54) is 41.3 Å². The van der Waals surface area contributed by atoms with Crippen molar-refractivity contribution in [3.05, 3.63) is 48.0 Å². The molecule has 3 rings (SSSR count). The minimum atomic E-state index is -4.45. The highest BCUT2D eigenvalue weighted by Gasteiger charge is 2.43. The summed E-state index contributed by atoms with van der Waals surface area (Å²) in [6.07, 6.45) is -4.45. The van der Waals surface area contributed by atoms with Crippen LogP contribution in [0.2, 0.25) is 0 Å². The summed E-state index contributed by atoms with van der Waals surface area (Å²) >= 11 is 0. The van der Waals surface area contributed by atoms with E-state index in [9.17, 15) is 22.4 Å². The second-order valence-electron chi connectivity index (χ2n) is 6.22. The molecule has 5 nitrogen and oxygen atoms in total. The molecule has 1 fully saturated rings. The largest absolute Gasteiger partial charge is 0.451 e. The van der Waals surface area contributed by atoms with Gasteiger partial charge in [0.15, 0.2) is 5.76 Å². The third-order valence-corrected chi connectivity index (χ3v) is 4.38. The van der Waals surface area contributed by atoms with Crippen LogP contribution in [-0.2, 0) is 0 Å². The van der Waals surface area contributed by atoms with Crippen LogP contribution in [0.25, 0.3) is 11.3 Å². The van der Waals surface area contributed by atoms with Crippen LogP contribution >= 0.6 is 0 Å². The Hall–Kier alpha value is -2.39. The number of hydrogen-bond acceptors (Lipinski definition) is 4. The van der Waals surface area contributed by atoms with E-state index in [-0.39, 0.29) is 18.8 Å². The molecule has 2 aromatic rings. The van der Waals surface area contributed by atoms with Gasteiger partial charge in [0.1, 0.15) is 17.6 Å². The molecular weight excluding hydrogens is 366 g/mol. The number of piperazine rings is 1. The molecular formula is C18H19F4N3O2. The lowest BCUT2D eigenvalue weighted by molar-refractivity contribution is -0.183. The number of halogens is 4. The zero-order valence-corrected chi connectivity index (χ0v) is 14.4. The maximum Gasteiger partial charge on any atom is 0.405 e. The highest BCUT2D eigenvalue weighted by molar-refractivity contribution is 5.92. The van der Waals surface area contributed by atoms with E-state index < -0.39 is 30.5 Å². The number of carbonyl (C=O) groups is 1. The second kappa shape index (κ2) is 8.10. The average molecular weight is 385 g/mol. The number of benzene rings is 1. The molecule has 0 saturated carbocycles. The van der Waals surface area contributed by atoms with Crippen LogP contribution in [0.1, 0.15) is 10.6 Å². The van der Waals surface area contributed by atoms with Crippen molar-refractivity contribution in [1.82, 2.24) is 15.5 Å². The van der Waals surface area contributed by atoms with E-state index in [1.807, 2.05) is 0 Å². The van der Waals surface area contributed by atoms with Crippen molar-refractivity contribution >= 4 is 5.91 Å². The molecule has 0 bridgehead atoms. The number of alkyl halides is 3. The summed E-state index contributed by atoms with van der Waals surface area (Å²) in [6, 6.07) is 6.61. The van der Waals surface area contributed by atoms with Gasteiger partial charge in [0.05, 0.1) is 0 Å². The summed E-state index contributed by atoms with van der Waals surface area (Å²) in [5.41, 5.74) is 0.560. The molecule has 0 aliphatic carbocycles. The molecule has 2 N–H and O–H groups in total. The predicted molar refractivity (Wildman–Crippen MR) is 90.7 cm³/mol. The van der Waals surface area contributed by atoms with Gasteiger partial charge in [-0.05, 0) is 36.4 Å². The Bertz CT molecular complexity index is 768.